The Kier molecular flexibility index (Phi) is 4.63. The van der Waals surface area contributed by atoms with Crippen molar-refractivity contribution in [1.82, 2.24) is 15.3 Å². The van der Waals surface area contributed by atoms with Gasteiger partial charge in [0.25, 0.3) is 0 Å². The highest BCUT2D eigenvalue weighted by Gasteiger charge is 2.22. The lowest BCUT2D eigenvalue weighted by atomic mass is 10.0. The van der Waals surface area contributed by atoms with Crippen LogP contribution in [0.2, 0.25) is 0 Å². The number of halogens is 1. The molecule has 106 valence electrons. The van der Waals surface area contributed by atoms with Gasteiger partial charge in [0.1, 0.15) is 11.5 Å². The Balaban J connectivity index is 2.53. The molecule has 5 heteroatoms. The van der Waals surface area contributed by atoms with Crippen LogP contribution in [0.3, 0.4) is 0 Å². The maximum Gasteiger partial charge on any atom is 0.237 e. The lowest BCUT2D eigenvalue weighted by Crippen LogP contribution is -2.25. The summed E-state index contributed by atoms with van der Waals surface area (Å²) in [7, 11) is 1.53. The summed E-state index contributed by atoms with van der Waals surface area (Å²) >= 11 is 0. The van der Waals surface area contributed by atoms with Crippen molar-refractivity contribution in [3.63, 3.8) is 0 Å². The largest absolute Gasteiger partial charge is 0.480 e. The molecular weight excluding hydrogens is 257 g/mol. The van der Waals surface area contributed by atoms with E-state index in [0.717, 1.165) is 5.56 Å². The lowest BCUT2D eigenvalue weighted by molar-refractivity contribution is 0.382. The fourth-order valence-corrected chi connectivity index (χ4v) is 2.13. The van der Waals surface area contributed by atoms with E-state index in [0.29, 0.717) is 23.7 Å². The predicted octanol–water partition coefficient (Wildman–Crippen LogP) is 2.63. The first kappa shape index (κ1) is 14.4. The number of nitrogens with zero attached hydrogens (tertiary/aromatic N) is 2. The van der Waals surface area contributed by atoms with E-state index in [2.05, 4.69) is 15.3 Å². The average Bonchev–Trinajstić information content (AvgIpc) is 2.47. The Hall–Kier alpha value is -2.01. The highest BCUT2D eigenvalue weighted by molar-refractivity contribution is 5.35. The van der Waals surface area contributed by atoms with Crippen molar-refractivity contribution in [2.24, 2.45) is 0 Å². The van der Waals surface area contributed by atoms with Gasteiger partial charge in [-0.15, -0.1) is 0 Å². The molecule has 0 spiro atoms. The molecule has 0 aliphatic rings. The second kappa shape index (κ2) is 6.43. The monoisotopic (exact) mass is 275 g/mol. The SMILES string of the molecule is CCNC(c1cc(C)ccc1F)c1nccnc1OC. The summed E-state index contributed by atoms with van der Waals surface area (Å²) < 4.78 is 19.4. The minimum atomic E-state index is -0.386. The number of hydrogen-bond donors (Lipinski definition) is 1. The number of aryl methyl sites for hydroxylation is 1. The van der Waals surface area contributed by atoms with Crippen molar-refractivity contribution in [1.29, 1.82) is 0 Å². The molecule has 0 aliphatic heterocycles. The molecular formula is C15H18FN3O. The van der Waals surface area contributed by atoms with E-state index in [4.69, 9.17) is 4.74 Å². The zero-order valence-electron chi connectivity index (χ0n) is 11.9. The summed E-state index contributed by atoms with van der Waals surface area (Å²) in [5.41, 5.74) is 2.12. The van der Waals surface area contributed by atoms with Crippen LogP contribution in [-0.2, 0) is 0 Å². The second-order valence-corrected chi connectivity index (χ2v) is 4.47. The number of nitrogens with one attached hydrogen (secondary N) is 1. The van der Waals surface area contributed by atoms with E-state index in [1.54, 1.807) is 18.5 Å². The van der Waals surface area contributed by atoms with Crippen molar-refractivity contribution in [3.05, 3.63) is 53.2 Å². The van der Waals surface area contributed by atoms with Crippen LogP contribution in [0.5, 0.6) is 5.88 Å². The first-order chi connectivity index (χ1) is 9.67. The molecule has 2 aromatic rings. The molecule has 1 unspecified atom stereocenters. The van der Waals surface area contributed by atoms with Gasteiger partial charge in [0.05, 0.1) is 13.2 Å². The van der Waals surface area contributed by atoms with Gasteiger partial charge < -0.3 is 10.1 Å². The third-order valence-corrected chi connectivity index (χ3v) is 3.03. The Morgan fingerprint density at radius 3 is 2.75 bits per heavy atom. The molecule has 0 radical (unpaired) electrons. The van der Waals surface area contributed by atoms with Crippen LogP contribution in [0.1, 0.15) is 29.8 Å². The molecule has 0 amide bonds. The van der Waals surface area contributed by atoms with E-state index in [1.165, 1.54) is 13.2 Å². The van der Waals surface area contributed by atoms with Crippen LogP contribution < -0.4 is 10.1 Å². The minimum absolute atomic E-state index is 0.269. The van der Waals surface area contributed by atoms with Gasteiger partial charge in [0.15, 0.2) is 0 Å². The van der Waals surface area contributed by atoms with Crippen LogP contribution in [0.25, 0.3) is 0 Å². The minimum Gasteiger partial charge on any atom is -0.480 e. The zero-order valence-corrected chi connectivity index (χ0v) is 11.9. The molecule has 0 saturated heterocycles. The topological polar surface area (TPSA) is 47.0 Å². The third-order valence-electron chi connectivity index (χ3n) is 3.03. The molecule has 1 aromatic carbocycles. The van der Waals surface area contributed by atoms with Gasteiger partial charge in [-0.05, 0) is 19.5 Å². The van der Waals surface area contributed by atoms with Gasteiger partial charge in [-0.3, -0.25) is 4.98 Å². The molecule has 20 heavy (non-hydrogen) atoms. The standard InChI is InChI=1S/C15H18FN3O/c1-4-17-13(11-9-10(2)5-6-12(11)16)14-15(20-3)19-8-7-18-14/h5-9,13,17H,4H2,1-3H3. The second-order valence-electron chi connectivity index (χ2n) is 4.47. The molecule has 0 saturated carbocycles. The van der Waals surface area contributed by atoms with Gasteiger partial charge in [-0.2, -0.15) is 0 Å². The van der Waals surface area contributed by atoms with E-state index in [1.807, 2.05) is 19.9 Å². The van der Waals surface area contributed by atoms with Gasteiger partial charge in [0, 0.05) is 18.0 Å². The highest BCUT2D eigenvalue weighted by Crippen LogP contribution is 2.28. The van der Waals surface area contributed by atoms with Crippen LogP contribution in [0, 0.1) is 12.7 Å². The Morgan fingerprint density at radius 1 is 1.30 bits per heavy atom. The van der Waals surface area contributed by atoms with Crippen LogP contribution in [0.15, 0.2) is 30.6 Å². The first-order valence-corrected chi connectivity index (χ1v) is 6.51. The zero-order chi connectivity index (χ0) is 14.5. The highest BCUT2D eigenvalue weighted by atomic mass is 19.1. The molecule has 2 rings (SSSR count). The van der Waals surface area contributed by atoms with Crippen molar-refractivity contribution in [2.45, 2.75) is 19.9 Å². The maximum absolute atomic E-state index is 14.1. The summed E-state index contributed by atoms with van der Waals surface area (Å²) in [6.07, 6.45) is 3.13. The normalized spacial score (nSPS) is 12.2. The number of ether oxygens (including phenoxy) is 1. The van der Waals surface area contributed by atoms with Crippen LogP contribution in [-0.4, -0.2) is 23.6 Å². The number of hydrogen-bond acceptors (Lipinski definition) is 4. The summed E-state index contributed by atoms with van der Waals surface area (Å²) in [5.74, 6) is 0.133. The number of methoxy groups -OCH3 is 1. The molecule has 1 atom stereocenters. The Morgan fingerprint density at radius 2 is 2.05 bits per heavy atom. The number of aromatic nitrogens is 2. The van der Waals surface area contributed by atoms with Gasteiger partial charge >= 0.3 is 0 Å². The third kappa shape index (κ3) is 2.93. The molecule has 1 aromatic heterocycles. The van der Waals surface area contributed by atoms with E-state index < -0.39 is 0 Å². The molecule has 1 heterocycles. The van der Waals surface area contributed by atoms with Crippen molar-refractivity contribution < 1.29 is 9.13 Å². The molecule has 0 fully saturated rings. The molecule has 1 N–H and O–H groups in total. The van der Waals surface area contributed by atoms with E-state index >= 15 is 0 Å². The summed E-state index contributed by atoms with van der Waals surface area (Å²) in [4.78, 5) is 8.43. The maximum atomic E-state index is 14.1. The van der Waals surface area contributed by atoms with Crippen molar-refractivity contribution >= 4 is 0 Å². The summed E-state index contributed by atoms with van der Waals surface area (Å²) in [5, 5.41) is 3.24. The van der Waals surface area contributed by atoms with Crippen LogP contribution in [0.4, 0.5) is 4.39 Å². The Bertz CT molecular complexity index is 589. The summed E-state index contributed by atoms with van der Waals surface area (Å²) in [6, 6.07) is 4.65. The predicted molar refractivity (Wildman–Crippen MR) is 75.2 cm³/mol. The molecule has 0 aliphatic carbocycles. The fraction of sp³-hybridized carbons (Fsp3) is 0.333. The number of benzene rings is 1. The van der Waals surface area contributed by atoms with Gasteiger partial charge in [-0.1, -0.05) is 24.6 Å². The lowest BCUT2D eigenvalue weighted by Gasteiger charge is -2.20. The van der Waals surface area contributed by atoms with E-state index in [-0.39, 0.29) is 11.9 Å². The quantitative estimate of drug-likeness (QED) is 0.911. The van der Waals surface area contributed by atoms with Crippen LogP contribution >= 0.6 is 0 Å². The van der Waals surface area contributed by atoms with E-state index in [9.17, 15) is 4.39 Å². The first-order valence-electron chi connectivity index (χ1n) is 6.51. The molecule has 0 bridgehead atoms. The Labute approximate surface area is 118 Å². The number of rotatable bonds is 5. The average molecular weight is 275 g/mol. The van der Waals surface area contributed by atoms with Gasteiger partial charge in [0.2, 0.25) is 5.88 Å². The van der Waals surface area contributed by atoms with Crippen molar-refractivity contribution in [2.75, 3.05) is 13.7 Å². The van der Waals surface area contributed by atoms with Crippen molar-refractivity contribution in [3.8, 4) is 5.88 Å². The summed E-state index contributed by atoms with van der Waals surface area (Å²) in [6.45, 7) is 4.57. The molecule has 4 nitrogen and oxygen atoms in total. The van der Waals surface area contributed by atoms with Gasteiger partial charge in [-0.25, -0.2) is 9.37 Å². The smallest absolute Gasteiger partial charge is 0.237 e. The fourth-order valence-electron chi connectivity index (χ4n) is 2.13.